The number of rotatable bonds is 6. The van der Waals surface area contributed by atoms with Crippen LogP contribution in [0.1, 0.15) is 32.6 Å². The summed E-state index contributed by atoms with van der Waals surface area (Å²) in [6.45, 7) is 1.45. The van der Waals surface area contributed by atoms with Crippen LogP contribution >= 0.6 is 0 Å². The van der Waals surface area contributed by atoms with Crippen LogP contribution in [0.15, 0.2) is 12.2 Å². The third-order valence-corrected chi connectivity index (χ3v) is 2.98. The van der Waals surface area contributed by atoms with Gasteiger partial charge in [0.05, 0.1) is 5.92 Å². The van der Waals surface area contributed by atoms with Crippen LogP contribution in [-0.2, 0) is 9.59 Å². The van der Waals surface area contributed by atoms with Gasteiger partial charge in [-0.2, -0.15) is 13.2 Å². The number of halogens is 3. The van der Waals surface area contributed by atoms with E-state index in [2.05, 4.69) is 0 Å². The highest BCUT2D eigenvalue weighted by Crippen LogP contribution is 2.29. The Bertz CT molecular complexity index is 332. The Morgan fingerprint density at radius 3 is 2.17 bits per heavy atom. The van der Waals surface area contributed by atoms with Crippen molar-refractivity contribution in [2.24, 2.45) is 5.92 Å². The maximum absolute atomic E-state index is 12.2. The van der Waals surface area contributed by atoms with Crippen LogP contribution < -0.4 is 0 Å². The molecule has 0 unspecified atom stereocenters. The molecule has 0 radical (unpaired) electrons. The molecule has 0 N–H and O–H groups in total. The van der Waals surface area contributed by atoms with E-state index in [0.717, 1.165) is 11.8 Å². The first-order valence-corrected chi connectivity index (χ1v) is 5.92. The Kier molecular flexibility index (Phi) is 4.93. The van der Waals surface area contributed by atoms with Crippen molar-refractivity contribution in [1.82, 2.24) is 4.90 Å². The molecule has 0 aromatic heterocycles. The van der Waals surface area contributed by atoms with Gasteiger partial charge in [0.1, 0.15) is 0 Å². The number of carbonyl (C=O) groups excluding carboxylic acids is 2. The molecule has 0 spiro atoms. The molecule has 102 valence electrons. The van der Waals surface area contributed by atoms with Gasteiger partial charge < -0.3 is 0 Å². The number of imide groups is 1. The molecule has 0 bridgehead atoms. The first-order chi connectivity index (χ1) is 8.32. The van der Waals surface area contributed by atoms with Crippen LogP contribution in [0.4, 0.5) is 13.2 Å². The monoisotopic (exact) mass is 263 g/mol. The Hall–Kier alpha value is -1.33. The van der Waals surface area contributed by atoms with Gasteiger partial charge in [-0.1, -0.05) is 19.8 Å². The molecule has 1 aliphatic heterocycles. The second kappa shape index (κ2) is 6.02. The molecule has 0 aromatic carbocycles. The second-order valence-electron chi connectivity index (χ2n) is 4.45. The van der Waals surface area contributed by atoms with Crippen LogP contribution in [0.3, 0.4) is 0 Å². The number of amides is 2. The van der Waals surface area contributed by atoms with Crippen molar-refractivity contribution < 1.29 is 22.8 Å². The van der Waals surface area contributed by atoms with Crippen molar-refractivity contribution >= 4 is 11.8 Å². The molecule has 0 aromatic rings. The lowest BCUT2D eigenvalue weighted by Crippen LogP contribution is -2.30. The van der Waals surface area contributed by atoms with Gasteiger partial charge in [0.2, 0.25) is 0 Å². The molecule has 1 atom stereocenters. The van der Waals surface area contributed by atoms with Gasteiger partial charge in [-0.25, -0.2) is 0 Å². The lowest BCUT2D eigenvalue weighted by atomic mass is 10.0. The zero-order chi connectivity index (χ0) is 13.8. The molecular weight excluding hydrogens is 247 g/mol. The standard InChI is InChI=1S/C12H16F3NO2/c1-9(12(13,14)15)5-3-2-4-8-16-10(17)6-7-11(16)18/h6-7,9H,2-5,8H2,1H3/t9-/m0/s1. The summed E-state index contributed by atoms with van der Waals surface area (Å²) in [5.41, 5.74) is 0. The maximum Gasteiger partial charge on any atom is 0.391 e. The topological polar surface area (TPSA) is 37.4 Å². The van der Waals surface area contributed by atoms with E-state index in [0.29, 0.717) is 19.3 Å². The lowest BCUT2D eigenvalue weighted by molar-refractivity contribution is -0.171. The first-order valence-electron chi connectivity index (χ1n) is 5.92. The van der Waals surface area contributed by atoms with Gasteiger partial charge in [-0.3, -0.25) is 14.5 Å². The van der Waals surface area contributed by atoms with Crippen LogP contribution in [0, 0.1) is 5.92 Å². The van der Waals surface area contributed by atoms with Crippen LogP contribution in [0.2, 0.25) is 0 Å². The van der Waals surface area contributed by atoms with E-state index >= 15 is 0 Å². The van der Waals surface area contributed by atoms with E-state index in [1.165, 1.54) is 12.2 Å². The lowest BCUT2D eigenvalue weighted by Gasteiger charge is -2.16. The maximum atomic E-state index is 12.2. The quantitative estimate of drug-likeness (QED) is 0.545. The van der Waals surface area contributed by atoms with E-state index in [1.54, 1.807) is 0 Å². The van der Waals surface area contributed by atoms with Crippen molar-refractivity contribution in [3.05, 3.63) is 12.2 Å². The molecule has 0 saturated carbocycles. The molecule has 2 amide bonds. The number of unbranched alkanes of at least 4 members (excludes halogenated alkanes) is 2. The van der Waals surface area contributed by atoms with Crippen molar-refractivity contribution in [3.8, 4) is 0 Å². The zero-order valence-electron chi connectivity index (χ0n) is 10.2. The highest BCUT2D eigenvalue weighted by atomic mass is 19.4. The van der Waals surface area contributed by atoms with Gasteiger partial charge in [-0.15, -0.1) is 0 Å². The van der Waals surface area contributed by atoms with Crippen molar-refractivity contribution in [2.75, 3.05) is 6.54 Å². The van der Waals surface area contributed by atoms with E-state index in [9.17, 15) is 22.8 Å². The van der Waals surface area contributed by atoms with Crippen molar-refractivity contribution in [1.29, 1.82) is 0 Å². The van der Waals surface area contributed by atoms with Gasteiger partial charge >= 0.3 is 6.18 Å². The first kappa shape index (κ1) is 14.7. The smallest absolute Gasteiger partial charge is 0.275 e. The normalized spacial score (nSPS) is 17.7. The minimum absolute atomic E-state index is 0.0869. The average Bonchev–Trinajstić information content (AvgIpc) is 2.58. The molecule has 1 aliphatic rings. The number of carbonyl (C=O) groups is 2. The Labute approximate surface area is 104 Å². The van der Waals surface area contributed by atoms with E-state index in [-0.39, 0.29) is 24.8 Å². The SMILES string of the molecule is C[C@@H](CCCCCN1C(=O)C=CC1=O)C(F)(F)F. The molecule has 1 heterocycles. The second-order valence-corrected chi connectivity index (χ2v) is 4.45. The molecule has 0 saturated heterocycles. The predicted molar refractivity (Wildman–Crippen MR) is 59.5 cm³/mol. The van der Waals surface area contributed by atoms with Gasteiger partial charge in [-0.05, 0) is 12.8 Å². The summed E-state index contributed by atoms with van der Waals surface area (Å²) < 4.78 is 36.6. The Morgan fingerprint density at radius 1 is 1.11 bits per heavy atom. The average molecular weight is 263 g/mol. The van der Waals surface area contributed by atoms with Crippen LogP contribution in [-0.4, -0.2) is 29.4 Å². The fourth-order valence-electron chi connectivity index (χ4n) is 1.71. The fraction of sp³-hybridized carbons (Fsp3) is 0.667. The van der Waals surface area contributed by atoms with E-state index in [4.69, 9.17) is 0 Å². The molecule has 0 aliphatic carbocycles. The molecule has 0 fully saturated rings. The predicted octanol–water partition coefficient (Wildman–Crippen LogP) is 2.67. The van der Waals surface area contributed by atoms with Gasteiger partial charge in [0.15, 0.2) is 0 Å². The minimum atomic E-state index is -4.13. The van der Waals surface area contributed by atoms with Crippen LogP contribution in [0.25, 0.3) is 0 Å². The van der Waals surface area contributed by atoms with Crippen molar-refractivity contribution in [2.45, 2.75) is 38.8 Å². The molecule has 6 heteroatoms. The highest BCUT2D eigenvalue weighted by Gasteiger charge is 2.35. The number of hydrogen-bond donors (Lipinski definition) is 0. The third kappa shape index (κ3) is 4.16. The summed E-state index contributed by atoms with van der Waals surface area (Å²) >= 11 is 0. The Balaban J connectivity index is 2.13. The van der Waals surface area contributed by atoms with Crippen molar-refractivity contribution in [3.63, 3.8) is 0 Å². The minimum Gasteiger partial charge on any atom is -0.275 e. The largest absolute Gasteiger partial charge is 0.391 e. The summed E-state index contributed by atoms with van der Waals surface area (Å²) in [5, 5.41) is 0. The molecular formula is C12H16F3NO2. The summed E-state index contributed by atoms with van der Waals surface area (Å²) in [6.07, 6.45) is -0.0674. The number of nitrogens with zero attached hydrogens (tertiary/aromatic N) is 1. The molecule has 1 rings (SSSR count). The summed E-state index contributed by atoms with van der Waals surface area (Å²) in [7, 11) is 0. The number of hydrogen-bond acceptors (Lipinski definition) is 2. The van der Waals surface area contributed by atoms with Gasteiger partial charge in [0, 0.05) is 18.7 Å². The highest BCUT2D eigenvalue weighted by molar-refractivity contribution is 6.12. The van der Waals surface area contributed by atoms with E-state index in [1.807, 2.05) is 0 Å². The third-order valence-electron chi connectivity index (χ3n) is 2.98. The molecule has 3 nitrogen and oxygen atoms in total. The Morgan fingerprint density at radius 2 is 1.67 bits per heavy atom. The van der Waals surface area contributed by atoms with E-state index < -0.39 is 12.1 Å². The number of alkyl halides is 3. The fourth-order valence-corrected chi connectivity index (χ4v) is 1.71. The summed E-state index contributed by atoms with van der Waals surface area (Å²) in [5.74, 6) is -1.98. The summed E-state index contributed by atoms with van der Waals surface area (Å²) in [4.78, 5) is 23.4. The zero-order valence-corrected chi connectivity index (χ0v) is 10.2. The van der Waals surface area contributed by atoms with Gasteiger partial charge in [0.25, 0.3) is 11.8 Å². The summed E-state index contributed by atoms with van der Waals surface area (Å²) in [6, 6.07) is 0. The molecule has 18 heavy (non-hydrogen) atoms. The van der Waals surface area contributed by atoms with Crippen LogP contribution in [0.5, 0.6) is 0 Å².